The van der Waals surface area contributed by atoms with E-state index in [0.29, 0.717) is 30.8 Å². The fraction of sp³-hybridized carbons (Fsp3) is 0.556. The number of nitrogens with one attached hydrogen (secondary N) is 1. The molecule has 1 saturated heterocycles. The molecule has 1 N–H and O–H groups in total. The predicted molar refractivity (Wildman–Crippen MR) is 88.4 cm³/mol. The highest BCUT2D eigenvalue weighted by Gasteiger charge is 2.47. The average Bonchev–Trinajstić information content (AvgIpc) is 3.57. The number of hydrogen-bond donors (Lipinski definition) is 1. The molecule has 2 saturated carbocycles. The van der Waals surface area contributed by atoms with E-state index in [0.717, 1.165) is 37.1 Å². The van der Waals surface area contributed by atoms with Gasteiger partial charge in [-0.05, 0) is 37.3 Å². The Morgan fingerprint density at radius 3 is 2.88 bits per heavy atom. The molecule has 0 bridgehead atoms. The quantitative estimate of drug-likeness (QED) is 0.866. The van der Waals surface area contributed by atoms with E-state index in [-0.39, 0.29) is 18.0 Å². The smallest absolute Gasteiger partial charge is 0.240 e. The summed E-state index contributed by atoms with van der Waals surface area (Å²) >= 11 is 0. The first-order chi connectivity index (χ1) is 12.3. The summed E-state index contributed by atoms with van der Waals surface area (Å²) in [5, 5.41) is 7.53. The molecule has 2 aliphatic carbocycles. The first kappa shape index (κ1) is 15.0. The van der Waals surface area contributed by atoms with Crippen molar-refractivity contribution in [1.82, 2.24) is 25.3 Å². The van der Waals surface area contributed by atoms with Crippen LogP contribution < -0.4 is 5.32 Å². The van der Waals surface area contributed by atoms with Gasteiger partial charge in [0.25, 0.3) is 0 Å². The van der Waals surface area contributed by atoms with Crippen LogP contribution in [-0.4, -0.2) is 38.0 Å². The standard InChI is InChI=1S/C18H21N5O2/c24-16-8-14(20-10-15-21-18(22-25-15)11-3-4-11)17(23(16)13-5-6-13)12-2-1-7-19-9-12/h1-2,7,9,11,13-14,17,20H,3-6,8,10H2/t14-,17+/m1/s1. The number of rotatable bonds is 6. The zero-order chi connectivity index (χ0) is 16.8. The van der Waals surface area contributed by atoms with Gasteiger partial charge in [0.2, 0.25) is 11.8 Å². The Labute approximate surface area is 145 Å². The molecule has 7 nitrogen and oxygen atoms in total. The van der Waals surface area contributed by atoms with Crippen molar-refractivity contribution in [1.29, 1.82) is 0 Å². The van der Waals surface area contributed by atoms with Crippen molar-refractivity contribution >= 4 is 5.91 Å². The lowest BCUT2D eigenvalue weighted by molar-refractivity contribution is -0.129. The Kier molecular flexibility index (Phi) is 3.55. The lowest BCUT2D eigenvalue weighted by Gasteiger charge is -2.28. The Bertz CT molecular complexity index is 769. The van der Waals surface area contributed by atoms with Crippen LogP contribution >= 0.6 is 0 Å². The van der Waals surface area contributed by atoms with E-state index in [2.05, 4.69) is 31.4 Å². The summed E-state index contributed by atoms with van der Waals surface area (Å²) in [7, 11) is 0. The molecule has 7 heteroatoms. The molecule has 5 rings (SSSR count). The van der Waals surface area contributed by atoms with Crippen molar-refractivity contribution in [2.45, 2.75) is 62.7 Å². The maximum Gasteiger partial charge on any atom is 0.240 e. The summed E-state index contributed by atoms with van der Waals surface area (Å²) in [6.07, 6.45) is 8.64. The van der Waals surface area contributed by atoms with Gasteiger partial charge >= 0.3 is 0 Å². The van der Waals surface area contributed by atoms with Gasteiger partial charge in [0, 0.05) is 36.8 Å². The minimum atomic E-state index is 0.0273. The minimum Gasteiger partial charge on any atom is -0.338 e. The lowest BCUT2D eigenvalue weighted by atomic mass is 10.0. The van der Waals surface area contributed by atoms with Crippen molar-refractivity contribution in [2.24, 2.45) is 0 Å². The van der Waals surface area contributed by atoms with Crippen LogP contribution in [0, 0.1) is 0 Å². The van der Waals surface area contributed by atoms with E-state index in [1.807, 2.05) is 12.3 Å². The van der Waals surface area contributed by atoms with Crippen LogP contribution in [0.25, 0.3) is 0 Å². The summed E-state index contributed by atoms with van der Waals surface area (Å²) in [6.45, 7) is 0.493. The zero-order valence-corrected chi connectivity index (χ0v) is 14.0. The van der Waals surface area contributed by atoms with E-state index in [1.54, 1.807) is 6.20 Å². The molecule has 25 heavy (non-hydrogen) atoms. The van der Waals surface area contributed by atoms with Crippen molar-refractivity contribution in [2.75, 3.05) is 0 Å². The number of likely N-dealkylation sites (tertiary alicyclic amines) is 1. The summed E-state index contributed by atoms with van der Waals surface area (Å²) in [4.78, 5) is 23.3. The first-order valence-corrected chi connectivity index (χ1v) is 9.06. The molecule has 0 unspecified atom stereocenters. The Morgan fingerprint density at radius 1 is 1.28 bits per heavy atom. The molecule has 3 aliphatic rings. The third-order valence-electron chi connectivity index (χ3n) is 5.27. The van der Waals surface area contributed by atoms with Crippen molar-refractivity contribution in [3.8, 4) is 0 Å². The van der Waals surface area contributed by atoms with Gasteiger partial charge in [-0.2, -0.15) is 4.98 Å². The highest BCUT2D eigenvalue weighted by molar-refractivity contribution is 5.81. The molecule has 2 aromatic rings. The molecule has 130 valence electrons. The van der Waals surface area contributed by atoms with Crippen LogP contribution in [0.3, 0.4) is 0 Å². The fourth-order valence-electron chi connectivity index (χ4n) is 3.73. The number of amides is 1. The Balaban J connectivity index is 1.34. The van der Waals surface area contributed by atoms with Crippen molar-refractivity contribution in [3.05, 3.63) is 41.8 Å². The number of carbonyl (C=O) groups excluding carboxylic acids is 1. The molecule has 0 aromatic carbocycles. The Morgan fingerprint density at radius 2 is 2.16 bits per heavy atom. The summed E-state index contributed by atoms with van der Waals surface area (Å²) in [5.74, 6) is 2.13. The van der Waals surface area contributed by atoms with Crippen LogP contribution in [0.2, 0.25) is 0 Å². The summed E-state index contributed by atoms with van der Waals surface area (Å²) in [5.41, 5.74) is 1.09. The molecule has 1 aliphatic heterocycles. The van der Waals surface area contributed by atoms with Crippen LogP contribution in [-0.2, 0) is 11.3 Å². The fourth-order valence-corrected chi connectivity index (χ4v) is 3.73. The molecule has 3 fully saturated rings. The van der Waals surface area contributed by atoms with Gasteiger partial charge in [0.1, 0.15) is 0 Å². The second-order valence-electron chi connectivity index (χ2n) is 7.28. The van der Waals surface area contributed by atoms with Crippen LogP contribution in [0.15, 0.2) is 29.0 Å². The molecule has 0 spiro atoms. The zero-order valence-electron chi connectivity index (χ0n) is 14.0. The SMILES string of the molecule is O=C1C[C@@H](NCc2nc(C3CC3)no2)[C@H](c2cccnc2)N1C1CC1. The topological polar surface area (TPSA) is 84.2 Å². The third-order valence-corrected chi connectivity index (χ3v) is 5.27. The van der Waals surface area contributed by atoms with Gasteiger partial charge in [-0.1, -0.05) is 11.2 Å². The maximum absolute atomic E-state index is 12.6. The number of pyridine rings is 1. The van der Waals surface area contributed by atoms with Gasteiger partial charge in [0.15, 0.2) is 5.82 Å². The largest absolute Gasteiger partial charge is 0.338 e. The monoisotopic (exact) mass is 339 g/mol. The van der Waals surface area contributed by atoms with Gasteiger partial charge in [-0.3, -0.25) is 9.78 Å². The second-order valence-corrected chi connectivity index (χ2v) is 7.28. The number of nitrogens with zero attached hydrogens (tertiary/aromatic N) is 4. The Hall–Kier alpha value is -2.28. The number of hydrogen-bond acceptors (Lipinski definition) is 6. The van der Waals surface area contributed by atoms with E-state index in [1.165, 1.54) is 0 Å². The van der Waals surface area contributed by atoms with E-state index < -0.39 is 0 Å². The highest BCUT2D eigenvalue weighted by atomic mass is 16.5. The van der Waals surface area contributed by atoms with Gasteiger partial charge in [-0.25, -0.2) is 0 Å². The van der Waals surface area contributed by atoms with Gasteiger partial charge < -0.3 is 14.7 Å². The minimum absolute atomic E-state index is 0.0273. The molecular weight excluding hydrogens is 318 g/mol. The van der Waals surface area contributed by atoms with E-state index in [4.69, 9.17) is 4.52 Å². The summed E-state index contributed by atoms with van der Waals surface area (Å²) in [6, 6.07) is 4.43. The van der Waals surface area contributed by atoms with Crippen LogP contribution in [0.4, 0.5) is 0 Å². The van der Waals surface area contributed by atoms with Gasteiger partial charge in [0.05, 0.1) is 12.6 Å². The third kappa shape index (κ3) is 2.93. The molecule has 2 atom stereocenters. The highest BCUT2D eigenvalue weighted by Crippen LogP contribution is 2.42. The normalized spacial score (nSPS) is 26.4. The van der Waals surface area contributed by atoms with E-state index in [9.17, 15) is 4.79 Å². The molecule has 0 radical (unpaired) electrons. The molecule has 3 heterocycles. The summed E-state index contributed by atoms with van der Waals surface area (Å²) < 4.78 is 5.35. The molecule has 2 aromatic heterocycles. The van der Waals surface area contributed by atoms with Crippen molar-refractivity contribution < 1.29 is 9.32 Å². The van der Waals surface area contributed by atoms with E-state index >= 15 is 0 Å². The number of carbonyl (C=O) groups is 1. The molecule has 1 amide bonds. The lowest BCUT2D eigenvalue weighted by Crippen LogP contribution is -2.37. The average molecular weight is 339 g/mol. The maximum atomic E-state index is 12.6. The van der Waals surface area contributed by atoms with Crippen molar-refractivity contribution in [3.63, 3.8) is 0 Å². The number of aromatic nitrogens is 3. The van der Waals surface area contributed by atoms with Crippen LogP contribution in [0.1, 0.15) is 61.3 Å². The second kappa shape index (κ2) is 5.91. The molecular formula is C18H21N5O2. The first-order valence-electron chi connectivity index (χ1n) is 9.06. The predicted octanol–water partition coefficient (Wildman–Crippen LogP) is 1.94. The van der Waals surface area contributed by atoms with Gasteiger partial charge in [-0.15, -0.1) is 0 Å². The van der Waals surface area contributed by atoms with Crippen LogP contribution in [0.5, 0.6) is 0 Å².